The first-order valence-corrected chi connectivity index (χ1v) is 7.90. The molecule has 2 rings (SSSR count). The maximum atomic E-state index is 12.2. The van der Waals surface area contributed by atoms with Gasteiger partial charge in [0.05, 0.1) is 0 Å². The van der Waals surface area contributed by atoms with Gasteiger partial charge in [-0.1, -0.05) is 13.8 Å². The Morgan fingerprint density at radius 2 is 1.90 bits per heavy atom. The van der Waals surface area contributed by atoms with Crippen LogP contribution in [-0.2, 0) is 6.54 Å². The lowest BCUT2D eigenvalue weighted by Crippen LogP contribution is -2.49. The molecule has 0 aliphatic carbocycles. The van der Waals surface area contributed by atoms with Crippen LogP contribution in [-0.4, -0.2) is 53.0 Å². The molecule has 1 aromatic rings. The number of nitrogens with one attached hydrogen (secondary N) is 1. The van der Waals surface area contributed by atoms with Crippen LogP contribution in [0.3, 0.4) is 0 Å². The van der Waals surface area contributed by atoms with Gasteiger partial charge in [-0.25, -0.2) is 4.79 Å². The highest BCUT2D eigenvalue weighted by Crippen LogP contribution is 2.16. The van der Waals surface area contributed by atoms with Gasteiger partial charge < -0.3 is 15.1 Å². The molecular weight excluding hydrogens is 264 g/mol. The second kappa shape index (κ2) is 7.98. The summed E-state index contributed by atoms with van der Waals surface area (Å²) in [6.07, 6.45) is 5.64. The highest BCUT2D eigenvalue weighted by atomic mass is 16.2. The van der Waals surface area contributed by atoms with Crippen LogP contribution in [0, 0.1) is 0 Å². The van der Waals surface area contributed by atoms with Crippen LogP contribution in [0.4, 0.5) is 4.79 Å². The summed E-state index contributed by atoms with van der Waals surface area (Å²) in [5.74, 6) is 0. The Morgan fingerprint density at radius 1 is 1.29 bits per heavy atom. The molecule has 2 heterocycles. The van der Waals surface area contributed by atoms with E-state index in [-0.39, 0.29) is 6.03 Å². The third-order valence-corrected chi connectivity index (χ3v) is 4.27. The topological polar surface area (TPSA) is 48.5 Å². The van der Waals surface area contributed by atoms with Crippen molar-refractivity contribution in [1.29, 1.82) is 0 Å². The summed E-state index contributed by atoms with van der Waals surface area (Å²) in [5, 5.41) is 2.99. The molecule has 0 atom stereocenters. The molecule has 5 nitrogen and oxygen atoms in total. The third kappa shape index (κ3) is 4.43. The van der Waals surface area contributed by atoms with Crippen molar-refractivity contribution in [2.45, 2.75) is 39.3 Å². The minimum absolute atomic E-state index is 0.0461. The fraction of sp³-hybridized carbons (Fsp3) is 0.625. The number of hydrogen-bond donors (Lipinski definition) is 1. The van der Waals surface area contributed by atoms with Gasteiger partial charge in [0.25, 0.3) is 0 Å². The number of carbonyl (C=O) groups is 1. The molecule has 1 aliphatic rings. The van der Waals surface area contributed by atoms with Crippen molar-refractivity contribution >= 4 is 6.03 Å². The number of pyridine rings is 1. The molecule has 116 valence electrons. The molecule has 0 radical (unpaired) electrons. The summed E-state index contributed by atoms with van der Waals surface area (Å²) >= 11 is 0. The number of likely N-dealkylation sites (tertiary alicyclic amines) is 1. The summed E-state index contributed by atoms with van der Waals surface area (Å²) in [6.45, 7) is 8.86. The molecule has 1 aromatic heterocycles. The Labute approximate surface area is 127 Å². The van der Waals surface area contributed by atoms with Gasteiger partial charge in [-0.2, -0.15) is 0 Å². The molecule has 2 amide bonds. The minimum Gasteiger partial charge on any atom is -0.334 e. The molecule has 0 unspecified atom stereocenters. The summed E-state index contributed by atoms with van der Waals surface area (Å²) < 4.78 is 0. The van der Waals surface area contributed by atoms with Crippen LogP contribution in [0.25, 0.3) is 0 Å². The lowest BCUT2D eigenvalue weighted by Gasteiger charge is -2.37. The van der Waals surface area contributed by atoms with Crippen LogP contribution >= 0.6 is 0 Å². The summed E-state index contributed by atoms with van der Waals surface area (Å²) in [5.41, 5.74) is 1.08. The first kappa shape index (κ1) is 15.8. The van der Waals surface area contributed by atoms with E-state index in [1.807, 2.05) is 17.0 Å². The van der Waals surface area contributed by atoms with E-state index in [4.69, 9.17) is 0 Å². The first-order chi connectivity index (χ1) is 10.2. The van der Waals surface area contributed by atoms with E-state index in [9.17, 15) is 4.79 Å². The number of carbonyl (C=O) groups excluding carboxylic acids is 1. The second-order valence-corrected chi connectivity index (χ2v) is 5.45. The predicted molar refractivity (Wildman–Crippen MR) is 84.0 cm³/mol. The highest BCUT2D eigenvalue weighted by Gasteiger charge is 2.25. The van der Waals surface area contributed by atoms with Gasteiger partial charge in [-0.3, -0.25) is 4.98 Å². The zero-order valence-electron chi connectivity index (χ0n) is 13.1. The summed E-state index contributed by atoms with van der Waals surface area (Å²) in [7, 11) is 0. The maximum absolute atomic E-state index is 12.2. The third-order valence-electron chi connectivity index (χ3n) is 4.27. The normalized spacial score (nSPS) is 16.2. The van der Waals surface area contributed by atoms with Crippen LogP contribution in [0.1, 0.15) is 32.3 Å². The predicted octanol–water partition coefficient (Wildman–Crippen LogP) is 2.10. The minimum atomic E-state index is 0.0461. The van der Waals surface area contributed by atoms with Crippen LogP contribution in [0.5, 0.6) is 0 Å². The largest absolute Gasteiger partial charge is 0.334 e. The molecule has 1 aliphatic heterocycles. The molecule has 0 aromatic carbocycles. The maximum Gasteiger partial charge on any atom is 0.317 e. The van der Waals surface area contributed by atoms with Crippen LogP contribution in [0.2, 0.25) is 0 Å². The summed E-state index contributed by atoms with van der Waals surface area (Å²) in [6, 6.07) is 4.52. The van der Waals surface area contributed by atoms with E-state index in [1.54, 1.807) is 12.4 Å². The average Bonchev–Trinajstić information content (AvgIpc) is 2.55. The molecular formula is C16H26N4O. The standard InChI is InChI=1S/C16H26N4O/c1-3-19(4-2)15-7-11-20(12-8-15)16(21)18-13-14-5-9-17-10-6-14/h5-6,9-10,15H,3-4,7-8,11-13H2,1-2H3,(H,18,21). The molecule has 21 heavy (non-hydrogen) atoms. The fourth-order valence-electron chi connectivity index (χ4n) is 2.96. The zero-order valence-corrected chi connectivity index (χ0v) is 13.1. The van der Waals surface area contributed by atoms with Crippen molar-refractivity contribution in [3.63, 3.8) is 0 Å². The van der Waals surface area contributed by atoms with Crippen LogP contribution in [0.15, 0.2) is 24.5 Å². The molecule has 1 fully saturated rings. The van der Waals surface area contributed by atoms with Gasteiger partial charge >= 0.3 is 6.03 Å². The van der Waals surface area contributed by atoms with Gasteiger partial charge in [-0.05, 0) is 43.6 Å². The lowest BCUT2D eigenvalue weighted by molar-refractivity contribution is 0.125. The summed E-state index contributed by atoms with van der Waals surface area (Å²) in [4.78, 5) is 20.6. The molecule has 1 saturated heterocycles. The zero-order chi connectivity index (χ0) is 15.1. The van der Waals surface area contributed by atoms with Crippen molar-refractivity contribution in [3.05, 3.63) is 30.1 Å². The van der Waals surface area contributed by atoms with Gasteiger partial charge in [0.1, 0.15) is 0 Å². The van der Waals surface area contributed by atoms with Crippen molar-refractivity contribution in [3.8, 4) is 0 Å². The fourth-order valence-corrected chi connectivity index (χ4v) is 2.96. The first-order valence-electron chi connectivity index (χ1n) is 7.90. The number of rotatable bonds is 5. The number of urea groups is 1. The van der Waals surface area contributed by atoms with Gasteiger partial charge in [-0.15, -0.1) is 0 Å². The van der Waals surface area contributed by atoms with E-state index in [1.165, 1.54) is 0 Å². The smallest absolute Gasteiger partial charge is 0.317 e. The molecule has 0 bridgehead atoms. The highest BCUT2D eigenvalue weighted by molar-refractivity contribution is 5.74. The molecule has 0 spiro atoms. The van der Waals surface area contributed by atoms with E-state index < -0.39 is 0 Å². The Hall–Kier alpha value is -1.62. The van der Waals surface area contributed by atoms with Gasteiger partial charge in [0, 0.05) is 38.1 Å². The Kier molecular flexibility index (Phi) is 5.99. The Morgan fingerprint density at radius 3 is 2.48 bits per heavy atom. The molecule has 1 N–H and O–H groups in total. The second-order valence-electron chi connectivity index (χ2n) is 5.45. The average molecular weight is 290 g/mol. The van der Waals surface area contributed by atoms with Crippen molar-refractivity contribution in [1.82, 2.24) is 20.1 Å². The van der Waals surface area contributed by atoms with E-state index in [2.05, 4.69) is 29.0 Å². The van der Waals surface area contributed by atoms with Crippen molar-refractivity contribution in [2.24, 2.45) is 0 Å². The molecule has 0 saturated carbocycles. The van der Waals surface area contributed by atoms with Crippen molar-refractivity contribution in [2.75, 3.05) is 26.2 Å². The number of hydrogen-bond acceptors (Lipinski definition) is 3. The van der Waals surface area contributed by atoms with E-state index >= 15 is 0 Å². The van der Waals surface area contributed by atoms with Gasteiger partial charge in [0.15, 0.2) is 0 Å². The number of amides is 2. The molecule has 5 heteroatoms. The van der Waals surface area contributed by atoms with Crippen LogP contribution < -0.4 is 5.32 Å². The van der Waals surface area contributed by atoms with Crippen molar-refractivity contribution < 1.29 is 4.79 Å². The monoisotopic (exact) mass is 290 g/mol. The Bertz CT molecular complexity index is 425. The number of nitrogens with zero attached hydrogens (tertiary/aromatic N) is 3. The lowest BCUT2D eigenvalue weighted by atomic mass is 10.0. The quantitative estimate of drug-likeness (QED) is 0.903. The SMILES string of the molecule is CCN(CC)C1CCN(C(=O)NCc2ccncc2)CC1. The van der Waals surface area contributed by atoms with E-state index in [0.717, 1.165) is 44.6 Å². The number of aromatic nitrogens is 1. The number of piperidine rings is 1. The van der Waals surface area contributed by atoms with Gasteiger partial charge in [0.2, 0.25) is 0 Å². The Balaban J connectivity index is 1.75. The van der Waals surface area contributed by atoms with E-state index in [0.29, 0.717) is 12.6 Å².